The van der Waals surface area contributed by atoms with E-state index in [1.165, 1.54) is 0 Å². The van der Waals surface area contributed by atoms with Gasteiger partial charge in [-0.05, 0) is 34.7 Å². The largest absolute Gasteiger partial charge is 0.374 e. The first-order chi connectivity index (χ1) is 6.91. The van der Waals surface area contributed by atoms with E-state index in [9.17, 15) is 0 Å². The number of likely N-dealkylation sites (N-methyl/N-ethyl adjacent to an activating group) is 1. The zero-order chi connectivity index (χ0) is 11.2. The Hall–Kier alpha value is -0.120. The van der Waals surface area contributed by atoms with Crippen molar-refractivity contribution in [1.82, 2.24) is 9.80 Å². The van der Waals surface area contributed by atoms with Gasteiger partial charge in [-0.15, -0.1) is 0 Å². The zero-order valence-electron chi connectivity index (χ0n) is 10.7. The smallest absolute Gasteiger partial charge is 0.0872 e. The lowest BCUT2D eigenvalue weighted by molar-refractivity contribution is -0.0422. The topological polar surface area (TPSA) is 15.7 Å². The minimum absolute atomic E-state index is 0.251. The lowest BCUT2D eigenvalue weighted by atomic mass is 10.0. The van der Waals surface area contributed by atoms with Crippen LogP contribution in [0.4, 0.5) is 0 Å². The fourth-order valence-electron chi connectivity index (χ4n) is 3.15. The van der Waals surface area contributed by atoms with Crippen LogP contribution in [0.15, 0.2) is 0 Å². The Morgan fingerprint density at radius 3 is 2.47 bits per heavy atom. The molecule has 0 radical (unpaired) electrons. The monoisotopic (exact) mass is 212 g/mol. The van der Waals surface area contributed by atoms with Crippen molar-refractivity contribution in [2.75, 3.05) is 26.7 Å². The van der Waals surface area contributed by atoms with Crippen LogP contribution in [0.25, 0.3) is 0 Å². The quantitative estimate of drug-likeness (QED) is 0.600. The van der Waals surface area contributed by atoms with E-state index in [1.54, 1.807) is 0 Å². The standard InChI is InChI=1S/C12H24N2O/c1-9-11-10(15-7-6-13(11)5)8-14(9)12(2,3)4/h9-11H,6-8H2,1-5H3. The fraction of sp³-hybridized carbons (Fsp3) is 1.00. The predicted octanol–water partition coefficient (Wildman–Crippen LogP) is 1.19. The van der Waals surface area contributed by atoms with Crippen molar-refractivity contribution in [3.63, 3.8) is 0 Å². The molecule has 2 fully saturated rings. The highest BCUT2D eigenvalue weighted by Crippen LogP contribution is 2.32. The maximum Gasteiger partial charge on any atom is 0.0872 e. The molecule has 3 nitrogen and oxygen atoms in total. The number of ether oxygens (including phenoxy) is 1. The molecular formula is C12H24N2O. The Kier molecular flexibility index (Phi) is 2.82. The molecule has 2 heterocycles. The molecule has 2 saturated heterocycles. The molecule has 0 aromatic rings. The maximum absolute atomic E-state index is 5.88. The van der Waals surface area contributed by atoms with Crippen molar-refractivity contribution >= 4 is 0 Å². The van der Waals surface area contributed by atoms with Crippen molar-refractivity contribution in [3.8, 4) is 0 Å². The normalized spacial score (nSPS) is 39.4. The summed E-state index contributed by atoms with van der Waals surface area (Å²) in [4.78, 5) is 5.04. The van der Waals surface area contributed by atoms with Gasteiger partial charge in [0.25, 0.3) is 0 Å². The van der Waals surface area contributed by atoms with Crippen LogP contribution >= 0.6 is 0 Å². The third kappa shape index (κ3) is 1.93. The summed E-state index contributed by atoms with van der Waals surface area (Å²) in [7, 11) is 2.23. The van der Waals surface area contributed by atoms with Crippen LogP contribution in [0.5, 0.6) is 0 Å². The Balaban J connectivity index is 2.15. The van der Waals surface area contributed by atoms with E-state index < -0.39 is 0 Å². The maximum atomic E-state index is 5.88. The molecule has 3 heteroatoms. The Morgan fingerprint density at radius 2 is 1.93 bits per heavy atom. The number of hydrogen-bond donors (Lipinski definition) is 0. The SMILES string of the molecule is CC1C2C(CN1C(C)(C)C)OCCN2C. The first kappa shape index (κ1) is 11.4. The van der Waals surface area contributed by atoms with E-state index in [4.69, 9.17) is 4.74 Å². The second-order valence-electron chi connectivity index (χ2n) is 5.94. The lowest BCUT2D eigenvalue weighted by Gasteiger charge is -2.39. The van der Waals surface area contributed by atoms with Gasteiger partial charge in [0.2, 0.25) is 0 Å². The number of rotatable bonds is 0. The zero-order valence-corrected chi connectivity index (χ0v) is 10.7. The van der Waals surface area contributed by atoms with Gasteiger partial charge in [0, 0.05) is 24.7 Å². The van der Waals surface area contributed by atoms with Crippen LogP contribution in [-0.2, 0) is 4.74 Å². The Morgan fingerprint density at radius 1 is 1.27 bits per heavy atom. The summed E-state index contributed by atoms with van der Waals surface area (Å²) in [5.41, 5.74) is 0.251. The Labute approximate surface area is 93.4 Å². The molecule has 88 valence electrons. The van der Waals surface area contributed by atoms with E-state index >= 15 is 0 Å². The summed E-state index contributed by atoms with van der Waals surface area (Å²) in [5, 5.41) is 0. The minimum atomic E-state index is 0.251. The summed E-state index contributed by atoms with van der Waals surface area (Å²) < 4.78 is 5.88. The molecule has 0 N–H and O–H groups in total. The predicted molar refractivity (Wildman–Crippen MR) is 62.1 cm³/mol. The number of nitrogens with zero attached hydrogens (tertiary/aromatic N) is 2. The van der Waals surface area contributed by atoms with E-state index in [0.29, 0.717) is 18.2 Å². The third-order valence-electron chi connectivity index (χ3n) is 3.89. The number of fused-ring (bicyclic) bond motifs is 1. The molecule has 0 spiro atoms. The van der Waals surface area contributed by atoms with E-state index in [2.05, 4.69) is 44.5 Å². The van der Waals surface area contributed by atoms with Crippen LogP contribution < -0.4 is 0 Å². The molecule has 0 bridgehead atoms. The molecular weight excluding hydrogens is 188 g/mol. The van der Waals surface area contributed by atoms with Crippen LogP contribution in [0.3, 0.4) is 0 Å². The molecule has 0 amide bonds. The van der Waals surface area contributed by atoms with Gasteiger partial charge < -0.3 is 4.74 Å². The van der Waals surface area contributed by atoms with E-state index in [-0.39, 0.29) is 5.54 Å². The molecule has 0 aliphatic carbocycles. The number of likely N-dealkylation sites (tertiary alicyclic amines) is 1. The summed E-state index contributed by atoms with van der Waals surface area (Å²) in [6, 6.07) is 1.18. The highest BCUT2D eigenvalue weighted by molar-refractivity contribution is 5.02. The Bertz CT molecular complexity index is 234. The van der Waals surface area contributed by atoms with Gasteiger partial charge in [-0.2, -0.15) is 0 Å². The molecule has 3 atom stereocenters. The molecule has 3 unspecified atom stereocenters. The third-order valence-corrected chi connectivity index (χ3v) is 3.89. The van der Waals surface area contributed by atoms with Crippen molar-refractivity contribution in [2.24, 2.45) is 0 Å². The van der Waals surface area contributed by atoms with E-state index in [1.807, 2.05) is 0 Å². The van der Waals surface area contributed by atoms with Gasteiger partial charge in [0.05, 0.1) is 18.8 Å². The second-order valence-corrected chi connectivity index (χ2v) is 5.94. The lowest BCUT2D eigenvalue weighted by Crippen LogP contribution is -2.52. The first-order valence-electron chi connectivity index (χ1n) is 6.00. The molecule has 2 aliphatic rings. The summed E-state index contributed by atoms with van der Waals surface area (Å²) in [5.74, 6) is 0. The van der Waals surface area contributed by atoms with Crippen molar-refractivity contribution in [1.29, 1.82) is 0 Å². The number of morpholine rings is 1. The number of hydrogen-bond acceptors (Lipinski definition) is 3. The van der Waals surface area contributed by atoms with Gasteiger partial charge >= 0.3 is 0 Å². The van der Waals surface area contributed by atoms with Crippen LogP contribution in [-0.4, -0.2) is 60.3 Å². The average Bonchev–Trinajstić information content (AvgIpc) is 2.44. The molecule has 0 aromatic heterocycles. The summed E-state index contributed by atoms with van der Waals surface area (Å²) >= 11 is 0. The van der Waals surface area contributed by atoms with Gasteiger partial charge in [0.1, 0.15) is 0 Å². The summed E-state index contributed by atoms with van der Waals surface area (Å²) in [6.45, 7) is 12.3. The van der Waals surface area contributed by atoms with Crippen LogP contribution in [0.1, 0.15) is 27.7 Å². The first-order valence-corrected chi connectivity index (χ1v) is 6.00. The molecule has 0 saturated carbocycles. The van der Waals surface area contributed by atoms with Gasteiger partial charge in [-0.3, -0.25) is 9.80 Å². The van der Waals surface area contributed by atoms with Crippen molar-refractivity contribution in [3.05, 3.63) is 0 Å². The summed E-state index contributed by atoms with van der Waals surface area (Å²) in [6.07, 6.45) is 0.415. The van der Waals surface area contributed by atoms with Crippen molar-refractivity contribution < 1.29 is 4.74 Å². The van der Waals surface area contributed by atoms with E-state index in [0.717, 1.165) is 19.7 Å². The van der Waals surface area contributed by atoms with Crippen molar-refractivity contribution in [2.45, 2.75) is 51.4 Å². The second kappa shape index (κ2) is 3.72. The van der Waals surface area contributed by atoms with Gasteiger partial charge in [0.15, 0.2) is 0 Å². The highest BCUT2D eigenvalue weighted by Gasteiger charge is 2.47. The molecule has 15 heavy (non-hydrogen) atoms. The van der Waals surface area contributed by atoms with Crippen LogP contribution in [0.2, 0.25) is 0 Å². The molecule has 0 aromatic carbocycles. The van der Waals surface area contributed by atoms with Gasteiger partial charge in [-0.25, -0.2) is 0 Å². The average molecular weight is 212 g/mol. The molecule has 2 aliphatic heterocycles. The van der Waals surface area contributed by atoms with Gasteiger partial charge in [-0.1, -0.05) is 0 Å². The van der Waals surface area contributed by atoms with Crippen LogP contribution in [0, 0.1) is 0 Å². The minimum Gasteiger partial charge on any atom is -0.374 e. The highest BCUT2D eigenvalue weighted by atomic mass is 16.5. The molecule has 2 rings (SSSR count). The fourth-order valence-corrected chi connectivity index (χ4v) is 3.15.